The molecule has 5 nitrogen and oxygen atoms in total. The van der Waals surface area contributed by atoms with Crippen LogP contribution in [0.15, 0.2) is 24.5 Å². The molecule has 1 aromatic heterocycles. The minimum absolute atomic E-state index is 0.0196. The van der Waals surface area contributed by atoms with Crippen LogP contribution in [0.25, 0.3) is 0 Å². The predicted molar refractivity (Wildman–Crippen MR) is 93.1 cm³/mol. The fourth-order valence-corrected chi connectivity index (χ4v) is 4.78. The van der Waals surface area contributed by atoms with Gasteiger partial charge in [0.25, 0.3) is 0 Å². The highest BCUT2D eigenvalue weighted by atomic mass is 16.2. The topological polar surface area (TPSA) is 74.1 Å². The van der Waals surface area contributed by atoms with E-state index in [1.807, 2.05) is 19.1 Å². The van der Waals surface area contributed by atoms with Gasteiger partial charge in [-0.15, -0.1) is 0 Å². The van der Waals surface area contributed by atoms with Gasteiger partial charge in [0.15, 0.2) is 0 Å². The molecule has 132 valence electrons. The standard InChI is InChI=1S/C20H25N3O2/c1-18(2)19(3)7-8-20(18,12-16(19)24)17(25)23(11-5-9-21)14-15-6-4-10-22-13-15/h4,6,10,13H,5,7-8,11-12,14H2,1-3H3. The van der Waals surface area contributed by atoms with Crippen molar-refractivity contribution in [1.29, 1.82) is 5.26 Å². The Bertz CT molecular complexity index is 737. The van der Waals surface area contributed by atoms with Crippen LogP contribution < -0.4 is 0 Å². The Balaban J connectivity index is 1.92. The summed E-state index contributed by atoms with van der Waals surface area (Å²) in [5.74, 6) is 0.227. The Kier molecular flexibility index (Phi) is 4.18. The number of pyridine rings is 1. The summed E-state index contributed by atoms with van der Waals surface area (Å²) in [6.07, 6.45) is 5.57. The van der Waals surface area contributed by atoms with Crippen LogP contribution in [0, 0.1) is 27.6 Å². The summed E-state index contributed by atoms with van der Waals surface area (Å²) < 4.78 is 0. The highest BCUT2D eigenvalue weighted by Crippen LogP contribution is 2.71. The van der Waals surface area contributed by atoms with Gasteiger partial charge in [0.05, 0.1) is 17.9 Å². The number of hydrogen-bond acceptors (Lipinski definition) is 4. The number of ketones is 1. The molecule has 0 saturated heterocycles. The number of fused-ring (bicyclic) bond motifs is 2. The lowest BCUT2D eigenvalue weighted by atomic mass is 9.64. The van der Waals surface area contributed by atoms with Crippen LogP contribution in [0.2, 0.25) is 0 Å². The summed E-state index contributed by atoms with van der Waals surface area (Å²) in [6, 6.07) is 5.91. The maximum atomic E-state index is 13.6. The molecule has 2 bridgehead atoms. The van der Waals surface area contributed by atoms with Crippen molar-refractivity contribution in [1.82, 2.24) is 9.88 Å². The molecule has 25 heavy (non-hydrogen) atoms. The van der Waals surface area contributed by atoms with E-state index in [0.717, 1.165) is 18.4 Å². The van der Waals surface area contributed by atoms with Crippen LogP contribution in [-0.2, 0) is 16.1 Å². The molecule has 5 heteroatoms. The van der Waals surface area contributed by atoms with E-state index in [-0.39, 0.29) is 23.5 Å². The van der Waals surface area contributed by atoms with Crippen molar-refractivity contribution >= 4 is 11.7 Å². The van der Waals surface area contributed by atoms with Crippen LogP contribution >= 0.6 is 0 Å². The van der Waals surface area contributed by atoms with Gasteiger partial charge in [-0.05, 0) is 29.9 Å². The van der Waals surface area contributed by atoms with Crippen LogP contribution in [0.4, 0.5) is 0 Å². The number of Topliss-reactive ketones (excluding diaryl/α,β-unsaturated/α-hetero) is 1. The number of rotatable bonds is 5. The van der Waals surface area contributed by atoms with Gasteiger partial charge in [0.1, 0.15) is 5.78 Å². The largest absolute Gasteiger partial charge is 0.337 e. The average molecular weight is 339 g/mol. The number of amides is 1. The van der Waals surface area contributed by atoms with Crippen molar-refractivity contribution < 1.29 is 9.59 Å². The lowest BCUT2D eigenvalue weighted by molar-refractivity contribution is -0.148. The summed E-state index contributed by atoms with van der Waals surface area (Å²) in [6.45, 7) is 6.95. The first-order valence-electron chi connectivity index (χ1n) is 8.87. The van der Waals surface area contributed by atoms with Gasteiger partial charge < -0.3 is 4.90 Å². The van der Waals surface area contributed by atoms with Crippen molar-refractivity contribution in [3.05, 3.63) is 30.1 Å². The smallest absolute Gasteiger partial charge is 0.230 e. The minimum atomic E-state index is -0.642. The van der Waals surface area contributed by atoms with Crippen molar-refractivity contribution in [2.24, 2.45) is 16.2 Å². The number of nitriles is 1. The van der Waals surface area contributed by atoms with E-state index in [2.05, 4.69) is 24.9 Å². The molecule has 0 spiro atoms. The molecule has 3 rings (SSSR count). The molecule has 0 aromatic carbocycles. The second kappa shape index (κ2) is 5.94. The third-order valence-corrected chi connectivity index (χ3v) is 6.99. The van der Waals surface area contributed by atoms with E-state index in [9.17, 15) is 9.59 Å². The predicted octanol–water partition coefficient (Wildman–Crippen LogP) is 3.11. The van der Waals surface area contributed by atoms with Gasteiger partial charge in [-0.1, -0.05) is 26.8 Å². The molecular formula is C20H25N3O2. The third kappa shape index (κ3) is 2.38. The molecule has 0 radical (unpaired) electrons. The normalized spacial score (nSPS) is 29.4. The Morgan fingerprint density at radius 1 is 1.36 bits per heavy atom. The molecule has 2 aliphatic carbocycles. The Morgan fingerprint density at radius 2 is 2.12 bits per heavy atom. The van der Waals surface area contributed by atoms with E-state index in [1.54, 1.807) is 17.3 Å². The lowest BCUT2D eigenvalue weighted by Crippen LogP contribution is -2.48. The zero-order valence-corrected chi connectivity index (χ0v) is 15.2. The number of nitrogens with zero attached hydrogens (tertiary/aromatic N) is 3. The van der Waals surface area contributed by atoms with Crippen LogP contribution in [0.3, 0.4) is 0 Å². The first-order chi connectivity index (χ1) is 11.8. The van der Waals surface area contributed by atoms with Crippen molar-refractivity contribution in [2.75, 3.05) is 6.54 Å². The second-order valence-electron chi connectivity index (χ2n) is 8.14. The van der Waals surface area contributed by atoms with Crippen LogP contribution in [-0.4, -0.2) is 28.1 Å². The number of aromatic nitrogens is 1. The van der Waals surface area contributed by atoms with Gasteiger partial charge in [0.2, 0.25) is 5.91 Å². The summed E-state index contributed by atoms with van der Waals surface area (Å²) in [4.78, 5) is 32.1. The minimum Gasteiger partial charge on any atom is -0.337 e. The molecule has 1 amide bonds. The second-order valence-corrected chi connectivity index (χ2v) is 8.14. The highest BCUT2D eigenvalue weighted by Gasteiger charge is 2.72. The third-order valence-electron chi connectivity index (χ3n) is 6.99. The fraction of sp³-hybridized carbons (Fsp3) is 0.600. The number of carbonyl (C=O) groups is 2. The maximum absolute atomic E-state index is 13.6. The molecule has 1 heterocycles. The molecule has 2 aliphatic rings. The Morgan fingerprint density at radius 3 is 2.64 bits per heavy atom. The van der Waals surface area contributed by atoms with Crippen LogP contribution in [0.1, 0.15) is 52.0 Å². The summed E-state index contributed by atoms with van der Waals surface area (Å²) in [5, 5.41) is 8.99. The fourth-order valence-electron chi connectivity index (χ4n) is 4.78. The van der Waals surface area contributed by atoms with E-state index in [4.69, 9.17) is 5.26 Å². The monoisotopic (exact) mass is 339 g/mol. The first kappa shape index (κ1) is 17.6. The summed E-state index contributed by atoms with van der Waals surface area (Å²) in [7, 11) is 0. The van der Waals surface area contributed by atoms with E-state index < -0.39 is 10.8 Å². The lowest BCUT2D eigenvalue weighted by Gasteiger charge is -2.41. The molecule has 2 atom stereocenters. The van der Waals surface area contributed by atoms with E-state index in [0.29, 0.717) is 19.5 Å². The van der Waals surface area contributed by atoms with Gasteiger partial charge in [0, 0.05) is 37.3 Å². The molecule has 0 aliphatic heterocycles. The van der Waals surface area contributed by atoms with Gasteiger partial charge >= 0.3 is 0 Å². The van der Waals surface area contributed by atoms with Crippen molar-refractivity contribution in [2.45, 2.75) is 53.0 Å². The van der Waals surface area contributed by atoms with Gasteiger partial charge in [-0.25, -0.2) is 0 Å². The molecular weight excluding hydrogens is 314 g/mol. The van der Waals surface area contributed by atoms with E-state index >= 15 is 0 Å². The number of hydrogen-bond donors (Lipinski definition) is 0. The summed E-state index contributed by atoms with van der Waals surface area (Å²) in [5.41, 5.74) is -0.490. The number of carbonyl (C=O) groups excluding carboxylic acids is 2. The first-order valence-corrected chi connectivity index (χ1v) is 8.87. The molecule has 2 fully saturated rings. The highest BCUT2D eigenvalue weighted by molar-refractivity contribution is 5.99. The van der Waals surface area contributed by atoms with Gasteiger partial charge in [-0.3, -0.25) is 14.6 Å². The molecule has 2 saturated carbocycles. The quantitative estimate of drug-likeness (QED) is 0.826. The molecule has 2 unspecified atom stereocenters. The SMILES string of the molecule is CC12CCC(C(=O)N(CCC#N)Cc3cccnc3)(CC1=O)C2(C)C. The molecule has 1 aromatic rings. The Hall–Kier alpha value is -2.22. The zero-order chi connectivity index (χ0) is 18.3. The Labute approximate surface area is 149 Å². The average Bonchev–Trinajstić information content (AvgIpc) is 2.89. The maximum Gasteiger partial charge on any atom is 0.230 e. The van der Waals surface area contributed by atoms with Crippen LogP contribution in [0.5, 0.6) is 0 Å². The molecule has 0 N–H and O–H groups in total. The van der Waals surface area contributed by atoms with Gasteiger partial charge in [-0.2, -0.15) is 5.26 Å². The summed E-state index contributed by atoms with van der Waals surface area (Å²) >= 11 is 0. The van der Waals surface area contributed by atoms with Crippen molar-refractivity contribution in [3.8, 4) is 6.07 Å². The van der Waals surface area contributed by atoms with E-state index in [1.165, 1.54) is 0 Å². The zero-order valence-electron chi connectivity index (χ0n) is 15.2. The van der Waals surface area contributed by atoms with Crippen molar-refractivity contribution in [3.63, 3.8) is 0 Å².